The fourth-order valence-corrected chi connectivity index (χ4v) is 6.46. The Labute approximate surface area is 261 Å². The molecule has 2 amide bonds. The van der Waals surface area contributed by atoms with Crippen LogP contribution >= 0.6 is 11.6 Å². The number of hydrogen-bond donors (Lipinski definition) is 1. The molecule has 6 rings (SSSR count). The number of ether oxygens (including phenoxy) is 1. The number of nitrogens with zero attached hydrogens (tertiary/aromatic N) is 2. The minimum atomic E-state index is -0.584. The average molecular weight is 620 g/mol. The van der Waals surface area contributed by atoms with Crippen LogP contribution in [-0.2, 0) is 22.6 Å². The highest BCUT2D eigenvalue weighted by atomic mass is 35.5. The van der Waals surface area contributed by atoms with Gasteiger partial charge in [0, 0.05) is 55.3 Å². The summed E-state index contributed by atoms with van der Waals surface area (Å²) in [6, 6.07) is 19.0. The third kappa shape index (κ3) is 6.81. The van der Waals surface area contributed by atoms with E-state index in [-0.39, 0.29) is 42.3 Å². The van der Waals surface area contributed by atoms with Crippen molar-refractivity contribution in [3.05, 3.63) is 106 Å². The quantitative estimate of drug-likeness (QED) is 0.276. The van der Waals surface area contributed by atoms with Crippen molar-refractivity contribution in [3.8, 4) is 5.75 Å². The molecule has 44 heavy (non-hydrogen) atoms. The van der Waals surface area contributed by atoms with E-state index in [9.17, 15) is 18.4 Å². The molecule has 2 heterocycles. The lowest BCUT2D eigenvalue weighted by atomic mass is 9.82. The van der Waals surface area contributed by atoms with Crippen LogP contribution in [0.4, 0.5) is 8.78 Å². The van der Waals surface area contributed by atoms with Crippen LogP contribution in [0.1, 0.15) is 49.3 Å². The van der Waals surface area contributed by atoms with Gasteiger partial charge in [-0.2, -0.15) is 0 Å². The first-order valence-corrected chi connectivity index (χ1v) is 15.6. The zero-order chi connectivity index (χ0) is 30.8. The SMILES string of the molecule is CC(=O)N1CC2CC(c3ccc(CCCOc4cc(F)ccc4F)cc3)=C(C(=O)N(Cc3ccccc3Cl)C3CC3)C(C1)N2. The first-order chi connectivity index (χ1) is 21.3. The predicted octanol–water partition coefficient (Wildman–Crippen LogP) is 6.17. The van der Waals surface area contributed by atoms with E-state index in [1.54, 1.807) is 6.92 Å². The van der Waals surface area contributed by atoms with E-state index in [1.807, 2.05) is 34.1 Å². The summed E-state index contributed by atoms with van der Waals surface area (Å²) in [4.78, 5) is 30.6. The summed E-state index contributed by atoms with van der Waals surface area (Å²) >= 11 is 6.51. The highest BCUT2D eigenvalue weighted by Gasteiger charge is 2.43. The van der Waals surface area contributed by atoms with Gasteiger partial charge in [0.15, 0.2) is 11.6 Å². The molecule has 6 nitrogen and oxygen atoms in total. The van der Waals surface area contributed by atoms with Crippen molar-refractivity contribution >= 4 is 29.0 Å². The van der Waals surface area contributed by atoms with Crippen LogP contribution in [0.3, 0.4) is 0 Å². The van der Waals surface area contributed by atoms with E-state index in [0.29, 0.717) is 43.9 Å². The van der Waals surface area contributed by atoms with Crippen LogP contribution in [-0.4, -0.2) is 59.4 Å². The van der Waals surface area contributed by atoms with Crippen LogP contribution in [0.2, 0.25) is 5.02 Å². The third-order valence-corrected chi connectivity index (χ3v) is 9.06. The largest absolute Gasteiger partial charge is 0.490 e. The van der Waals surface area contributed by atoms with Crippen LogP contribution < -0.4 is 10.1 Å². The lowest BCUT2D eigenvalue weighted by Crippen LogP contribution is -2.61. The Kier molecular flexibility index (Phi) is 9.01. The fourth-order valence-electron chi connectivity index (χ4n) is 6.26. The molecule has 9 heteroatoms. The van der Waals surface area contributed by atoms with E-state index in [0.717, 1.165) is 58.9 Å². The molecule has 2 aliphatic heterocycles. The number of halogens is 3. The lowest BCUT2D eigenvalue weighted by Gasteiger charge is -2.44. The van der Waals surface area contributed by atoms with Crippen molar-refractivity contribution in [2.24, 2.45) is 0 Å². The van der Waals surface area contributed by atoms with Gasteiger partial charge < -0.3 is 19.9 Å². The number of piperazine rings is 1. The maximum atomic E-state index is 14.5. The number of aryl methyl sites for hydroxylation is 1. The molecule has 1 N–H and O–H groups in total. The number of rotatable bonds is 10. The Morgan fingerprint density at radius 2 is 1.82 bits per heavy atom. The van der Waals surface area contributed by atoms with Crippen LogP contribution in [0, 0.1) is 11.6 Å². The molecule has 0 spiro atoms. The molecular weight excluding hydrogens is 584 g/mol. The molecule has 0 aromatic heterocycles. The topological polar surface area (TPSA) is 61.9 Å². The summed E-state index contributed by atoms with van der Waals surface area (Å²) in [5, 5.41) is 4.28. The van der Waals surface area contributed by atoms with Crippen LogP contribution in [0.25, 0.3) is 5.57 Å². The Hall–Kier alpha value is -3.75. The zero-order valence-electron chi connectivity index (χ0n) is 24.7. The normalized spacial score (nSPS) is 19.6. The lowest BCUT2D eigenvalue weighted by molar-refractivity contribution is -0.132. The highest BCUT2D eigenvalue weighted by molar-refractivity contribution is 6.31. The number of carbonyl (C=O) groups is 2. The van der Waals surface area contributed by atoms with Crippen molar-refractivity contribution in [2.45, 2.75) is 63.7 Å². The first kappa shape index (κ1) is 30.3. The van der Waals surface area contributed by atoms with Gasteiger partial charge >= 0.3 is 0 Å². The average Bonchev–Trinajstić information content (AvgIpc) is 3.85. The van der Waals surface area contributed by atoms with Gasteiger partial charge in [-0.1, -0.05) is 54.1 Å². The van der Waals surface area contributed by atoms with Crippen LogP contribution in [0.5, 0.6) is 5.75 Å². The number of fused-ring (bicyclic) bond motifs is 2. The van der Waals surface area contributed by atoms with E-state index >= 15 is 0 Å². The Morgan fingerprint density at radius 3 is 2.55 bits per heavy atom. The molecule has 0 radical (unpaired) electrons. The maximum absolute atomic E-state index is 14.5. The van der Waals surface area contributed by atoms with Gasteiger partial charge in [-0.3, -0.25) is 9.59 Å². The number of nitrogens with one attached hydrogen (secondary N) is 1. The van der Waals surface area contributed by atoms with E-state index in [2.05, 4.69) is 29.6 Å². The molecule has 1 saturated carbocycles. The molecule has 2 bridgehead atoms. The molecule has 230 valence electrons. The molecule has 1 saturated heterocycles. The maximum Gasteiger partial charge on any atom is 0.252 e. The Bertz CT molecular complexity index is 1570. The number of amides is 2. The van der Waals surface area contributed by atoms with Gasteiger partial charge in [-0.25, -0.2) is 8.78 Å². The van der Waals surface area contributed by atoms with E-state index in [1.165, 1.54) is 0 Å². The second-order valence-corrected chi connectivity index (χ2v) is 12.3. The molecule has 2 unspecified atom stereocenters. The first-order valence-electron chi connectivity index (χ1n) is 15.2. The minimum Gasteiger partial charge on any atom is -0.490 e. The van der Waals surface area contributed by atoms with Crippen LogP contribution in [0.15, 0.2) is 72.3 Å². The summed E-state index contributed by atoms with van der Waals surface area (Å²) in [5.41, 5.74) is 4.75. The summed E-state index contributed by atoms with van der Waals surface area (Å²) in [6.07, 6.45) is 3.90. The molecule has 2 atom stereocenters. The van der Waals surface area contributed by atoms with E-state index in [4.69, 9.17) is 16.3 Å². The smallest absolute Gasteiger partial charge is 0.252 e. The van der Waals surface area contributed by atoms with Crippen molar-refractivity contribution in [3.63, 3.8) is 0 Å². The second-order valence-electron chi connectivity index (χ2n) is 11.9. The minimum absolute atomic E-state index is 0.00502. The molecule has 1 aliphatic carbocycles. The fraction of sp³-hybridized carbons (Fsp3) is 0.371. The monoisotopic (exact) mass is 619 g/mol. The standard InChI is InChI=1S/C35H36ClF2N3O3/c1-22(42)40-20-27-18-29(24-10-8-23(9-11-24)5-4-16-44-33-17-26(37)12-15-31(33)38)34(32(21-40)39-27)35(43)41(28-13-14-28)19-25-6-2-3-7-30(25)36/h2-3,6-12,15,17,27-28,32,39H,4-5,13-14,16,18-21H2,1H3. The summed E-state index contributed by atoms with van der Waals surface area (Å²) in [5.74, 6) is -1.20. The second kappa shape index (κ2) is 13.1. The Morgan fingerprint density at radius 1 is 1.05 bits per heavy atom. The van der Waals surface area contributed by atoms with E-state index < -0.39 is 11.6 Å². The van der Waals surface area contributed by atoms with Gasteiger partial charge in [0.1, 0.15) is 5.82 Å². The van der Waals surface area contributed by atoms with Gasteiger partial charge in [-0.05, 0) is 72.6 Å². The van der Waals surface area contributed by atoms with Crippen molar-refractivity contribution in [1.82, 2.24) is 15.1 Å². The van der Waals surface area contributed by atoms with Gasteiger partial charge in [0.2, 0.25) is 5.91 Å². The number of carbonyl (C=O) groups excluding carboxylic acids is 2. The summed E-state index contributed by atoms with van der Waals surface area (Å²) in [6.45, 7) is 3.33. The summed E-state index contributed by atoms with van der Waals surface area (Å²) < 4.78 is 32.7. The molecule has 3 aromatic rings. The molecule has 3 aromatic carbocycles. The van der Waals surface area contributed by atoms with Gasteiger partial charge in [0.25, 0.3) is 5.91 Å². The van der Waals surface area contributed by atoms with Crippen molar-refractivity contribution in [2.75, 3.05) is 19.7 Å². The number of hydrogen-bond acceptors (Lipinski definition) is 4. The van der Waals surface area contributed by atoms with Crippen molar-refractivity contribution < 1.29 is 23.1 Å². The number of benzene rings is 3. The van der Waals surface area contributed by atoms with Gasteiger partial charge in [0.05, 0.1) is 12.6 Å². The van der Waals surface area contributed by atoms with Crippen molar-refractivity contribution in [1.29, 1.82) is 0 Å². The predicted molar refractivity (Wildman–Crippen MR) is 166 cm³/mol. The zero-order valence-corrected chi connectivity index (χ0v) is 25.5. The molecular formula is C35H36ClF2N3O3. The van der Waals surface area contributed by atoms with Gasteiger partial charge in [-0.15, -0.1) is 0 Å². The third-order valence-electron chi connectivity index (χ3n) is 8.69. The summed E-state index contributed by atoms with van der Waals surface area (Å²) in [7, 11) is 0. The molecule has 2 fully saturated rings. The Balaban J connectivity index is 1.23. The highest BCUT2D eigenvalue weighted by Crippen LogP contribution is 2.38. The molecule has 3 aliphatic rings.